The van der Waals surface area contributed by atoms with E-state index in [0.29, 0.717) is 18.7 Å². The first-order chi connectivity index (χ1) is 10.3. The van der Waals surface area contributed by atoms with Gasteiger partial charge < -0.3 is 15.2 Å². The highest BCUT2D eigenvalue weighted by molar-refractivity contribution is 5.90. The van der Waals surface area contributed by atoms with Gasteiger partial charge in [0.05, 0.1) is 19.1 Å². The van der Waals surface area contributed by atoms with Crippen molar-refractivity contribution in [2.45, 2.75) is 38.2 Å². The highest BCUT2D eigenvalue weighted by Crippen LogP contribution is 2.16. The molecular weight excluding hydrogens is 268 g/mol. The lowest BCUT2D eigenvalue weighted by Gasteiger charge is -2.21. The molecule has 0 aromatic carbocycles. The number of rotatable bonds is 4. The van der Waals surface area contributed by atoms with E-state index in [0.717, 1.165) is 31.4 Å². The highest BCUT2D eigenvalue weighted by Gasteiger charge is 2.17. The van der Waals surface area contributed by atoms with Crippen LogP contribution in [-0.4, -0.2) is 35.3 Å². The lowest BCUT2D eigenvalue weighted by molar-refractivity contribution is -0.119. The summed E-state index contributed by atoms with van der Waals surface area (Å²) >= 11 is 0. The number of hydrogen-bond donors (Lipinski definition) is 2. The summed E-state index contributed by atoms with van der Waals surface area (Å²) in [6.07, 6.45) is 5.56. The number of nitrogens with zero attached hydrogens (tertiary/aromatic N) is 1. The van der Waals surface area contributed by atoms with Crippen molar-refractivity contribution in [3.8, 4) is 11.8 Å². The van der Waals surface area contributed by atoms with Crippen molar-refractivity contribution in [2.24, 2.45) is 0 Å². The van der Waals surface area contributed by atoms with Crippen molar-refractivity contribution in [1.82, 2.24) is 4.98 Å². The van der Waals surface area contributed by atoms with Gasteiger partial charge in [0.2, 0.25) is 5.91 Å². The summed E-state index contributed by atoms with van der Waals surface area (Å²) in [6, 6.07) is 3.49. The smallest absolute Gasteiger partial charge is 0.228 e. The van der Waals surface area contributed by atoms with Crippen LogP contribution < -0.4 is 5.32 Å². The summed E-state index contributed by atoms with van der Waals surface area (Å²) in [5.41, 5.74) is 0.766. The highest BCUT2D eigenvalue weighted by atomic mass is 16.5. The van der Waals surface area contributed by atoms with Gasteiger partial charge >= 0.3 is 0 Å². The second kappa shape index (κ2) is 8.40. The number of aromatic nitrogens is 1. The third-order valence-corrected chi connectivity index (χ3v) is 3.18. The second-order valence-corrected chi connectivity index (χ2v) is 4.95. The minimum absolute atomic E-state index is 0.0197. The molecule has 21 heavy (non-hydrogen) atoms. The van der Waals surface area contributed by atoms with Crippen LogP contribution in [0.5, 0.6) is 0 Å². The van der Waals surface area contributed by atoms with E-state index in [2.05, 4.69) is 22.1 Å². The summed E-state index contributed by atoms with van der Waals surface area (Å²) in [5.74, 6) is 6.16. The standard InChI is InChI=1S/C16H20N2O3/c19-9-3-1-5-13-7-8-17-15(11-13)18-16(20)12-14-6-2-4-10-21-14/h7-8,11,14,19H,2-4,6,9-10,12H2,(H,17,18,20). The number of hydrogen-bond acceptors (Lipinski definition) is 4. The van der Waals surface area contributed by atoms with E-state index in [9.17, 15) is 4.79 Å². The number of carbonyl (C=O) groups excluding carboxylic acids is 1. The van der Waals surface area contributed by atoms with Gasteiger partial charge in [0.25, 0.3) is 0 Å². The van der Waals surface area contributed by atoms with E-state index in [1.165, 1.54) is 0 Å². The average molecular weight is 288 g/mol. The molecule has 2 rings (SSSR count). The van der Waals surface area contributed by atoms with Gasteiger partial charge in [-0.05, 0) is 31.4 Å². The maximum Gasteiger partial charge on any atom is 0.228 e. The Balaban J connectivity index is 1.88. The number of nitrogens with one attached hydrogen (secondary N) is 1. The molecule has 1 aliphatic heterocycles. The molecule has 1 atom stereocenters. The van der Waals surface area contributed by atoms with Crippen LogP contribution in [0.15, 0.2) is 18.3 Å². The Morgan fingerprint density at radius 3 is 3.19 bits per heavy atom. The Morgan fingerprint density at radius 1 is 1.52 bits per heavy atom. The van der Waals surface area contributed by atoms with Crippen LogP contribution >= 0.6 is 0 Å². The predicted molar refractivity (Wildman–Crippen MR) is 79.7 cm³/mol. The zero-order valence-corrected chi connectivity index (χ0v) is 12.0. The third-order valence-electron chi connectivity index (χ3n) is 3.18. The maximum absolute atomic E-state index is 12.0. The summed E-state index contributed by atoms with van der Waals surface area (Å²) in [4.78, 5) is 16.1. The topological polar surface area (TPSA) is 71.5 Å². The van der Waals surface area contributed by atoms with E-state index in [1.807, 2.05) is 0 Å². The van der Waals surface area contributed by atoms with Crippen LogP contribution in [0.3, 0.4) is 0 Å². The molecule has 0 spiro atoms. The monoisotopic (exact) mass is 288 g/mol. The van der Waals surface area contributed by atoms with Gasteiger partial charge in [0.1, 0.15) is 5.82 Å². The Morgan fingerprint density at radius 2 is 2.43 bits per heavy atom. The minimum atomic E-state index is -0.0881. The summed E-state index contributed by atoms with van der Waals surface area (Å²) < 4.78 is 5.55. The lowest BCUT2D eigenvalue weighted by Crippen LogP contribution is -2.25. The Kier molecular flexibility index (Phi) is 6.20. The van der Waals surface area contributed by atoms with E-state index in [4.69, 9.17) is 9.84 Å². The van der Waals surface area contributed by atoms with Crippen LogP contribution in [0.25, 0.3) is 0 Å². The van der Waals surface area contributed by atoms with Crippen molar-refractivity contribution in [1.29, 1.82) is 0 Å². The van der Waals surface area contributed by atoms with Crippen LogP contribution in [0.4, 0.5) is 5.82 Å². The SMILES string of the molecule is O=C(CC1CCCCO1)Nc1cc(C#CCCO)ccn1. The maximum atomic E-state index is 12.0. The fourth-order valence-corrected chi connectivity index (χ4v) is 2.17. The molecular formula is C16H20N2O3. The van der Waals surface area contributed by atoms with Gasteiger partial charge in [-0.15, -0.1) is 0 Å². The number of pyridine rings is 1. The molecule has 1 aromatic heterocycles. The fourth-order valence-electron chi connectivity index (χ4n) is 2.17. The summed E-state index contributed by atoms with van der Waals surface area (Å²) in [6.45, 7) is 0.787. The fraction of sp³-hybridized carbons (Fsp3) is 0.500. The van der Waals surface area contributed by atoms with Crippen molar-refractivity contribution in [3.63, 3.8) is 0 Å². The third kappa shape index (κ3) is 5.54. The zero-order valence-electron chi connectivity index (χ0n) is 12.0. The van der Waals surface area contributed by atoms with Crippen molar-refractivity contribution < 1.29 is 14.6 Å². The first-order valence-electron chi connectivity index (χ1n) is 7.25. The zero-order chi connectivity index (χ0) is 14.9. The van der Waals surface area contributed by atoms with Crippen LogP contribution in [0.1, 0.15) is 37.7 Å². The Hall–Kier alpha value is -1.90. The number of ether oxygens (including phenoxy) is 1. The number of amides is 1. The van der Waals surface area contributed by atoms with Crippen molar-refractivity contribution in [3.05, 3.63) is 23.9 Å². The molecule has 0 radical (unpaired) electrons. The molecule has 2 heterocycles. The van der Waals surface area contributed by atoms with Gasteiger partial charge in [-0.25, -0.2) is 4.98 Å². The van der Waals surface area contributed by atoms with Crippen LogP contribution in [0.2, 0.25) is 0 Å². The van der Waals surface area contributed by atoms with Gasteiger partial charge in [-0.2, -0.15) is 0 Å². The Labute approximate surface area is 124 Å². The first kappa shape index (κ1) is 15.5. The number of anilines is 1. The molecule has 0 saturated carbocycles. The van der Waals surface area contributed by atoms with Gasteiger partial charge in [0, 0.05) is 24.8 Å². The van der Waals surface area contributed by atoms with E-state index < -0.39 is 0 Å². The van der Waals surface area contributed by atoms with Gasteiger partial charge in [0.15, 0.2) is 0 Å². The molecule has 112 valence electrons. The largest absolute Gasteiger partial charge is 0.395 e. The van der Waals surface area contributed by atoms with E-state index >= 15 is 0 Å². The summed E-state index contributed by atoms with van der Waals surface area (Å²) in [7, 11) is 0. The molecule has 5 nitrogen and oxygen atoms in total. The quantitative estimate of drug-likeness (QED) is 0.827. The first-order valence-corrected chi connectivity index (χ1v) is 7.25. The molecule has 1 unspecified atom stereocenters. The molecule has 5 heteroatoms. The summed E-state index contributed by atoms with van der Waals surface area (Å²) in [5, 5.41) is 11.5. The average Bonchev–Trinajstić information content (AvgIpc) is 2.49. The molecule has 1 amide bonds. The van der Waals surface area contributed by atoms with Gasteiger partial charge in [-0.3, -0.25) is 4.79 Å². The molecule has 0 aliphatic carbocycles. The molecule has 1 saturated heterocycles. The van der Waals surface area contributed by atoms with Crippen LogP contribution in [-0.2, 0) is 9.53 Å². The molecule has 1 aromatic rings. The van der Waals surface area contributed by atoms with Crippen LogP contribution in [0, 0.1) is 11.8 Å². The second-order valence-electron chi connectivity index (χ2n) is 4.95. The molecule has 1 fully saturated rings. The van der Waals surface area contributed by atoms with Gasteiger partial charge in [-0.1, -0.05) is 11.8 Å². The van der Waals surface area contributed by atoms with Crippen molar-refractivity contribution in [2.75, 3.05) is 18.5 Å². The predicted octanol–water partition coefficient (Wildman–Crippen LogP) is 1.71. The Bertz CT molecular complexity index is 528. The number of aliphatic hydroxyl groups is 1. The van der Waals surface area contributed by atoms with E-state index in [-0.39, 0.29) is 18.6 Å². The normalized spacial score (nSPS) is 17.7. The number of carbonyl (C=O) groups is 1. The molecule has 1 aliphatic rings. The number of aliphatic hydroxyl groups excluding tert-OH is 1. The molecule has 2 N–H and O–H groups in total. The minimum Gasteiger partial charge on any atom is -0.395 e. The molecule has 0 bridgehead atoms. The lowest BCUT2D eigenvalue weighted by atomic mass is 10.1. The van der Waals surface area contributed by atoms with E-state index in [1.54, 1.807) is 18.3 Å². The van der Waals surface area contributed by atoms with Crippen molar-refractivity contribution >= 4 is 11.7 Å².